The Balaban J connectivity index is 1.34. The molecule has 0 spiro atoms. The number of fused-ring (bicyclic) bond motifs is 10. The Hall–Kier alpha value is -6.61. The van der Waals surface area contributed by atoms with E-state index in [-0.39, 0.29) is 5.41 Å². The van der Waals surface area contributed by atoms with Crippen LogP contribution in [0.2, 0.25) is 0 Å². The minimum atomic E-state index is -0.191. The lowest BCUT2D eigenvalue weighted by molar-refractivity contribution is 0.661. The Morgan fingerprint density at radius 2 is 1.02 bits per heavy atom. The molecule has 1 aliphatic rings. The molecule has 0 radical (unpaired) electrons. The lowest BCUT2D eigenvalue weighted by Crippen LogP contribution is -2.14. The number of nitrogens with zero attached hydrogens (tertiary/aromatic N) is 5. The number of hydrogen-bond donors (Lipinski definition) is 0. The van der Waals surface area contributed by atoms with Gasteiger partial charge in [-0.05, 0) is 101 Å². The van der Waals surface area contributed by atoms with E-state index in [9.17, 15) is 15.8 Å². The predicted octanol–water partition coefficient (Wildman–Crippen LogP) is 9.80. The molecule has 2 heterocycles. The molecule has 0 aliphatic heterocycles. The van der Waals surface area contributed by atoms with Crippen LogP contribution >= 0.6 is 0 Å². The van der Waals surface area contributed by atoms with Crippen molar-refractivity contribution in [3.63, 3.8) is 0 Å². The maximum atomic E-state index is 9.79. The highest BCUT2D eigenvalue weighted by molar-refractivity contribution is 6.18. The van der Waals surface area contributed by atoms with Crippen LogP contribution in [-0.4, -0.2) is 9.13 Å². The van der Waals surface area contributed by atoms with Crippen molar-refractivity contribution >= 4 is 43.6 Å². The van der Waals surface area contributed by atoms with Gasteiger partial charge in [-0.3, -0.25) is 0 Å². The Morgan fingerprint density at radius 1 is 0.489 bits per heavy atom. The summed E-state index contributed by atoms with van der Waals surface area (Å²) in [5.41, 5.74) is 12.6. The van der Waals surface area contributed by atoms with Gasteiger partial charge in [-0.2, -0.15) is 15.8 Å². The van der Waals surface area contributed by atoms with Crippen molar-refractivity contribution in [2.24, 2.45) is 0 Å². The van der Waals surface area contributed by atoms with E-state index in [1.807, 2.05) is 48.5 Å². The zero-order valence-electron chi connectivity index (χ0n) is 25.7. The molecule has 0 unspecified atom stereocenters. The molecule has 218 valence electrons. The first-order valence-corrected chi connectivity index (χ1v) is 15.5. The summed E-state index contributed by atoms with van der Waals surface area (Å²) < 4.78 is 4.55. The molecule has 0 saturated heterocycles. The van der Waals surface area contributed by atoms with Gasteiger partial charge in [0.1, 0.15) is 0 Å². The zero-order valence-corrected chi connectivity index (χ0v) is 25.7. The molecule has 5 heteroatoms. The molecule has 0 bridgehead atoms. The second kappa shape index (κ2) is 9.45. The summed E-state index contributed by atoms with van der Waals surface area (Å²) in [4.78, 5) is 0. The summed E-state index contributed by atoms with van der Waals surface area (Å²) in [7, 11) is 0. The van der Waals surface area contributed by atoms with Crippen molar-refractivity contribution in [3.05, 3.63) is 143 Å². The number of benzene rings is 6. The Bertz CT molecular complexity index is 2730. The Morgan fingerprint density at radius 3 is 1.68 bits per heavy atom. The zero-order chi connectivity index (χ0) is 32.0. The Labute approximate surface area is 271 Å². The van der Waals surface area contributed by atoms with Crippen molar-refractivity contribution < 1.29 is 0 Å². The van der Waals surface area contributed by atoms with Crippen molar-refractivity contribution in [2.75, 3.05) is 0 Å². The van der Waals surface area contributed by atoms with Gasteiger partial charge < -0.3 is 9.13 Å². The van der Waals surface area contributed by atoms with Crippen LogP contribution in [0.1, 0.15) is 41.7 Å². The third-order valence-corrected chi connectivity index (χ3v) is 9.97. The van der Waals surface area contributed by atoms with Crippen molar-refractivity contribution in [3.8, 4) is 40.7 Å². The highest BCUT2D eigenvalue weighted by atomic mass is 15.0. The molecule has 0 fully saturated rings. The summed E-state index contributed by atoms with van der Waals surface area (Å²) in [6, 6.07) is 46.0. The van der Waals surface area contributed by atoms with Crippen molar-refractivity contribution in [1.29, 1.82) is 15.8 Å². The SMILES string of the molecule is CC1(C)c2ccc(C#N)cc2-c2c1ccc1c2c2ccccc2n1-c1cccc(-n2c3ccc(C#N)cc3c3cc(C#N)ccc32)c1. The van der Waals surface area contributed by atoms with Crippen LogP contribution in [0.15, 0.2) is 115 Å². The lowest BCUT2D eigenvalue weighted by atomic mass is 9.82. The van der Waals surface area contributed by atoms with Gasteiger partial charge in [-0.15, -0.1) is 0 Å². The first-order valence-electron chi connectivity index (χ1n) is 15.5. The highest BCUT2D eigenvalue weighted by Crippen LogP contribution is 2.53. The van der Waals surface area contributed by atoms with E-state index in [1.54, 1.807) is 0 Å². The number of hydrogen-bond acceptors (Lipinski definition) is 3. The van der Waals surface area contributed by atoms with E-state index < -0.39 is 0 Å². The summed E-state index contributed by atoms with van der Waals surface area (Å²) in [6.07, 6.45) is 0. The molecular formula is C42H25N5. The van der Waals surface area contributed by atoms with E-state index in [0.717, 1.165) is 49.8 Å². The quantitative estimate of drug-likeness (QED) is 0.198. The molecule has 0 atom stereocenters. The lowest BCUT2D eigenvalue weighted by Gasteiger charge is -2.21. The number of aromatic nitrogens is 2. The molecule has 2 aromatic heterocycles. The molecule has 5 nitrogen and oxygen atoms in total. The molecule has 1 aliphatic carbocycles. The van der Waals surface area contributed by atoms with Crippen LogP contribution in [0, 0.1) is 34.0 Å². The second-order valence-electron chi connectivity index (χ2n) is 12.8. The minimum Gasteiger partial charge on any atom is -0.309 e. The van der Waals surface area contributed by atoms with Gasteiger partial charge in [0.15, 0.2) is 0 Å². The second-order valence-corrected chi connectivity index (χ2v) is 12.8. The van der Waals surface area contributed by atoms with Crippen molar-refractivity contribution in [2.45, 2.75) is 19.3 Å². The van der Waals surface area contributed by atoms with Gasteiger partial charge in [0.25, 0.3) is 0 Å². The van der Waals surface area contributed by atoms with Crippen LogP contribution in [0.25, 0.3) is 66.1 Å². The molecule has 0 saturated carbocycles. The van der Waals surface area contributed by atoms with Crippen LogP contribution in [0.5, 0.6) is 0 Å². The van der Waals surface area contributed by atoms with Crippen molar-refractivity contribution in [1.82, 2.24) is 9.13 Å². The van der Waals surface area contributed by atoms with Gasteiger partial charge in [-0.1, -0.05) is 50.2 Å². The average Bonchev–Trinajstić information content (AvgIpc) is 3.70. The van der Waals surface area contributed by atoms with Gasteiger partial charge in [0.05, 0.1) is 57.0 Å². The summed E-state index contributed by atoms with van der Waals surface area (Å²) >= 11 is 0. The normalized spacial score (nSPS) is 13.0. The standard InChI is InChI=1S/C42H25N5/c1-42(2)34-13-10-25(22-43)20-33(34)40-35(42)14-17-39-41(40)30-8-3-4-9-36(30)47(39)29-7-5-6-28(21-29)46-37-15-11-26(23-44)18-31(37)32-19-27(24-45)12-16-38(32)46/h3-21H,1-2H3. The summed E-state index contributed by atoms with van der Waals surface area (Å²) in [5, 5.41) is 33.3. The molecule has 6 aromatic carbocycles. The van der Waals surface area contributed by atoms with E-state index in [0.29, 0.717) is 16.7 Å². The smallest absolute Gasteiger partial charge is 0.0991 e. The first kappa shape index (κ1) is 26.8. The fourth-order valence-electron chi connectivity index (χ4n) is 7.86. The van der Waals surface area contributed by atoms with Crippen LogP contribution in [0.4, 0.5) is 0 Å². The van der Waals surface area contributed by atoms with Crippen LogP contribution in [0.3, 0.4) is 0 Å². The Kier molecular flexibility index (Phi) is 5.38. The first-order chi connectivity index (χ1) is 22.9. The molecule has 47 heavy (non-hydrogen) atoms. The molecular weight excluding hydrogens is 574 g/mol. The average molecular weight is 600 g/mol. The summed E-state index contributed by atoms with van der Waals surface area (Å²) in [5.74, 6) is 0. The van der Waals surface area contributed by atoms with E-state index in [1.165, 1.54) is 27.5 Å². The number of para-hydroxylation sites is 1. The largest absolute Gasteiger partial charge is 0.309 e. The fraction of sp³-hybridized carbons (Fsp3) is 0.0714. The van der Waals surface area contributed by atoms with E-state index in [2.05, 4.69) is 108 Å². The van der Waals surface area contributed by atoms with Gasteiger partial charge in [0, 0.05) is 38.3 Å². The molecule has 9 rings (SSSR count). The predicted molar refractivity (Wildman–Crippen MR) is 187 cm³/mol. The topological polar surface area (TPSA) is 81.2 Å². The third-order valence-electron chi connectivity index (χ3n) is 9.97. The number of nitriles is 3. The fourth-order valence-corrected chi connectivity index (χ4v) is 7.86. The monoisotopic (exact) mass is 599 g/mol. The van der Waals surface area contributed by atoms with Gasteiger partial charge in [-0.25, -0.2) is 0 Å². The molecule has 0 N–H and O–H groups in total. The summed E-state index contributed by atoms with van der Waals surface area (Å²) in [6.45, 7) is 4.53. The third kappa shape index (κ3) is 3.56. The maximum absolute atomic E-state index is 9.79. The minimum absolute atomic E-state index is 0.191. The maximum Gasteiger partial charge on any atom is 0.0991 e. The van der Waals surface area contributed by atoms with Gasteiger partial charge >= 0.3 is 0 Å². The highest BCUT2D eigenvalue weighted by Gasteiger charge is 2.37. The molecule has 8 aromatic rings. The van der Waals surface area contributed by atoms with Crippen LogP contribution in [-0.2, 0) is 5.41 Å². The van der Waals surface area contributed by atoms with E-state index in [4.69, 9.17) is 0 Å². The van der Waals surface area contributed by atoms with Crippen LogP contribution < -0.4 is 0 Å². The number of rotatable bonds is 2. The molecule has 0 amide bonds. The van der Waals surface area contributed by atoms with Gasteiger partial charge in [0.2, 0.25) is 0 Å². The van der Waals surface area contributed by atoms with E-state index >= 15 is 0 Å².